The van der Waals surface area contributed by atoms with E-state index in [4.69, 9.17) is 22.1 Å². The third-order valence-corrected chi connectivity index (χ3v) is 2.89. The van der Waals surface area contributed by atoms with Gasteiger partial charge in [-0.3, -0.25) is 4.98 Å². The van der Waals surface area contributed by atoms with E-state index < -0.39 is 11.4 Å². The monoisotopic (exact) mass is 280 g/mol. The van der Waals surface area contributed by atoms with Gasteiger partial charge in [0.1, 0.15) is 5.60 Å². The predicted octanol–water partition coefficient (Wildman–Crippen LogP) is 3.77. The van der Waals surface area contributed by atoms with E-state index in [1.54, 1.807) is 32.0 Å². The summed E-state index contributed by atoms with van der Waals surface area (Å²) in [5, 5.41) is 0.540. The Bertz CT molecular complexity index is 584. The Morgan fingerprint density at radius 2 is 2.00 bits per heavy atom. The van der Waals surface area contributed by atoms with Crippen LogP contribution in [0.4, 0.5) is 10.1 Å². The number of benzene rings is 1. The van der Waals surface area contributed by atoms with Gasteiger partial charge in [0, 0.05) is 18.0 Å². The van der Waals surface area contributed by atoms with Gasteiger partial charge in [-0.2, -0.15) is 0 Å². The second-order valence-electron chi connectivity index (χ2n) is 4.66. The van der Waals surface area contributed by atoms with Gasteiger partial charge in [0.05, 0.1) is 10.7 Å². The molecule has 0 aliphatic carbocycles. The summed E-state index contributed by atoms with van der Waals surface area (Å²) in [4.78, 5) is 4.19. The molecule has 3 nitrogen and oxygen atoms in total. The van der Waals surface area contributed by atoms with E-state index in [0.717, 1.165) is 0 Å². The van der Waals surface area contributed by atoms with Crippen molar-refractivity contribution in [3.63, 3.8) is 0 Å². The van der Waals surface area contributed by atoms with Crippen LogP contribution < -0.4 is 10.5 Å². The number of nitrogen functional groups attached to an aromatic ring is 1. The van der Waals surface area contributed by atoms with Crippen LogP contribution in [0.25, 0.3) is 0 Å². The lowest BCUT2D eigenvalue weighted by atomic mass is 10.0. The van der Waals surface area contributed by atoms with Gasteiger partial charge in [0.25, 0.3) is 0 Å². The molecule has 0 amide bonds. The minimum absolute atomic E-state index is 0.135. The van der Waals surface area contributed by atoms with E-state index in [-0.39, 0.29) is 5.75 Å². The first-order chi connectivity index (χ1) is 8.88. The van der Waals surface area contributed by atoms with E-state index in [1.807, 2.05) is 0 Å². The number of halogens is 2. The first-order valence-corrected chi connectivity index (χ1v) is 6.12. The third-order valence-electron chi connectivity index (χ3n) is 2.67. The highest BCUT2D eigenvalue weighted by Crippen LogP contribution is 2.29. The van der Waals surface area contributed by atoms with Crippen molar-refractivity contribution in [2.24, 2.45) is 0 Å². The molecule has 0 radical (unpaired) electrons. The molecule has 0 fully saturated rings. The third kappa shape index (κ3) is 3.15. The molecule has 0 aliphatic rings. The Kier molecular flexibility index (Phi) is 3.62. The SMILES string of the molecule is CC(C)(Oc1ccc(N)cc1F)c1ccc(Cl)cn1. The van der Waals surface area contributed by atoms with Crippen molar-refractivity contribution in [1.82, 2.24) is 4.98 Å². The molecule has 0 saturated carbocycles. The summed E-state index contributed by atoms with van der Waals surface area (Å²) in [6.45, 7) is 3.61. The average Bonchev–Trinajstić information content (AvgIpc) is 2.33. The zero-order valence-corrected chi connectivity index (χ0v) is 11.4. The molecule has 19 heavy (non-hydrogen) atoms. The zero-order valence-electron chi connectivity index (χ0n) is 10.7. The minimum Gasteiger partial charge on any atom is -0.478 e. The maximum Gasteiger partial charge on any atom is 0.167 e. The van der Waals surface area contributed by atoms with Crippen molar-refractivity contribution >= 4 is 17.3 Å². The molecule has 0 aliphatic heterocycles. The number of hydrogen-bond donors (Lipinski definition) is 1. The summed E-state index contributed by atoms with van der Waals surface area (Å²) < 4.78 is 19.4. The molecule has 1 aromatic carbocycles. The van der Waals surface area contributed by atoms with Crippen LogP contribution in [0.15, 0.2) is 36.5 Å². The number of hydrogen-bond acceptors (Lipinski definition) is 3. The van der Waals surface area contributed by atoms with Crippen LogP contribution in [0.3, 0.4) is 0 Å². The molecular formula is C14H14ClFN2O. The van der Waals surface area contributed by atoms with E-state index >= 15 is 0 Å². The Morgan fingerprint density at radius 3 is 2.58 bits per heavy atom. The molecule has 1 aromatic heterocycles. The molecule has 0 atom stereocenters. The topological polar surface area (TPSA) is 48.1 Å². The number of rotatable bonds is 3. The smallest absolute Gasteiger partial charge is 0.167 e. The van der Waals surface area contributed by atoms with E-state index in [9.17, 15) is 4.39 Å². The maximum atomic E-state index is 13.7. The first kappa shape index (κ1) is 13.6. The van der Waals surface area contributed by atoms with E-state index in [1.165, 1.54) is 18.3 Å². The lowest BCUT2D eigenvalue weighted by Crippen LogP contribution is -2.27. The lowest BCUT2D eigenvalue weighted by molar-refractivity contribution is 0.0979. The number of aromatic nitrogens is 1. The van der Waals surface area contributed by atoms with Crippen LogP contribution in [0.5, 0.6) is 5.75 Å². The fourth-order valence-corrected chi connectivity index (χ4v) is 1.77. The van der Waals surface area contributed by atoms with Crippen LogP contribution in [0, 0.1) is 5.82 Å². The molecule has 0 bridgehead atoms. The quantitative estimate of drug-likeness (QED) is 0.871. The van der Waals surface area contributed by atoms with Crippen molar-refractivity contribution in [1.29, 1.82) is 0 Å². The Hall–Kier alpha value is -1.81. The summed E-state index contributed by atoms with van der Waals surface area (Å²) in [6, 6.07) is 7.78. The first-order valence-electron chi connectivity index (χ1n) is 5.74. The van der Waals surface area contributed by atoms with Gasteiger partial charge in [-0.1, -0.05) is 11.6 Å². The highest BCUT2D eigenvalue weighted by atomic mass is 35.5. The molecule has 5 heteroatoms. The van der Waals surface area contributed by atoms with Crippen LogP contribution in [0.2, 0.25) is 5.02 Å². The van der Waals surface area contributed by atoms with Gasteiger partial charge < -0.3 is 10.5 Å². The largest absolute Gasteiger partial charge is 0.478 e. The summed E-state index contributed by atoms with van der Waals surface area (Å²) >= 11 is 5.79. The molecule has 0 saturated heterocycles. The number of pyridine rings is 1. The Balaban J connectivity index is 2.27. The summed E-state index contributed by atoms with van der Waals surface area (Å²) in [5.74, 6) is -0.363. The molecule has 0 spiro atoms. The number of nitrogens with two attached hydrogens (primary N) is 1. The summed E-state index contributed by atoms with van der Waals surface area (Å²) in [6.07, 6.45) is 1.53. The molecule has 0 unspecified atom stereocenters. The second-order valence-corrected chi connectivity index (χ2v) is 5.10. The normalized spacial score (nSPS) is 11.4. The van der Waals surface area contributed by atoms with Gasteiger partial charge in [-0.05, 0) is 38.1 Å². The van der Waals surface area contributed by atoms with Gasteiger partial charge in [0.2, 0.25) is 0 Å². The minimum atomic E-state index is -0.776. The Morgan fingerprint density at radius 1 is 1.26 bits per heavy atom. The van der Waals surface area contributed by atoms with E-state index in [0.29, 0.717) is 16.4 Å². The van der Waals surface area contributed by atoms with Gasteiger partial charge in [-0.25, -0.2) is 4.39 Å². The number of ether oxygens (including phenoxy) is 1. The zero-order chi connectivity index (χ0) is 14.0. The molecular weight excluding hydrogens is 267 g/mol. The summed E-state index contributed by atoms with van der Waals surface area (Å²) in [7, 11) is 0. The Labute approximate surface area is 116 Å². The highest BCUT2D eigenvalue weighted by molar-refractivity contribution is 6.30. The van der Waals surface area contributed by atoms with Crippen molar-refractivity contribution in [2.75, 3.05) is 5.73 Å². The molecule has 100 valence electrons. The fraction of sp³-hybridized carbons (Fsp3) is 0.214. The van der Waals surface area contributed by atoms with Crippen LogP contribution in [0.1, 0.15) is 19.5 Å². The molecule has 2 N–H and O–H groups in total. The van der Waals surface area contributed by atoms with Crippen molar-refractivity contribution in [3.8, 4) is 5.75 Å². The number of anilines is 1. The fourth-order valence-electron chi connectivity index (χ4n) is 1.66. The van der Waals surface area contributed by atoms with Crippen molar-refractivity contribution < 1.29 is 9.13 Å². The standard InChI is InChI=1S/C14H14ClFN2O/c1-14(2,13-6-3-9(15)8-18-13)19-12-5-4-10(17)7-11(12)16/h3-8H,17H2,1-2H3. The van der Waals surface area contributed by atoms with Crippen molar-refractivity contribution in [3.05, 3.63) is 53.1 Å². The average molecular weight is 281 g/mol. The van der Waals surface area contributed by atoms with Gasteiger partial charge >= 0.3 is 0 Å². The lowest BCUT2D eigenvalue weighted by Gasteiger charge is -2.26. The predicted molar refractivity (Wildman–Crippen MR) is 73.7 cm³/mol. The maximum absolute atomic E-state index is 13.7. The van der Waals surface area contributed by atoms with Crippen LogP contribution in [-0.4, -0.2) is 4.98 Å². The molecule has 1 heterocycles. The summed E-state index contributed by atoms with van der Waals surface area (Å²) in [5.41, 5.74) is 5.73. The van der Waals surface area contributed by atoms with Gasteiger partial charge in [-0.15, -0.1) is 0 Å². The molecule has 2 rings (SSSR count). The van der Waals surface area contributed by atoms with Crippen LogP contribution in [-0.2, 0) is 5.60 Å². The molecule has 2 aromatic rings. The van der Waals surface area contributed by atoms with Crippen LogP contribution >= 0.6 is 11.6 Å². The second kappa shape index (κ2) is 5.05. The van der Waals surface area contributed by atoms with Crippen molar-refractivity contribution in [2.45, 2.75) is 19.4 Å². The van der Waals surface area contributed by atoms with E-state index in [2.05, 4.69) is 4.98 Å². The van der Waals surface area contributed by atoms with Gasteiger partial charge in [0.15, 0.2) is 11.6 Å². The highest BCUT2D eigenvalue weighted by Gasteiger charge is 2.25. The number of nitrogens with zero attached hydrogens (tertiary/aromatic N) is 1.